The van der Waals surface area contributed by atoms with E-state index in [1.165, 1.54) is 19.5 Å². The Morgan fingerprint density at radius 2 is 1.69 bits per heavy atom. The molecule has 0 aliphatic carbocycles. The highest BCUT2D eigenvalue weighted by molar-refractivity contribution is 4.76. The first-order valence-corrected chi connectivity index (χ1v) is 6.65. The first kappa shape index (κ1) is 15.9. The number of likely N-dealkylation sites (N-methyl/N-ethyl adjacent to an activating group) is 2. The molecular formula is C13H31N3. The van der Waals surface area contributed by atoms with Crippen molar-refractivity contribution >= 4 is 0 Å². The number of rotatable bonds is 9. The molecule has 0 spiro atoms. The molecule has 2 unspecified atom stereocenters. The third-order valence-electron chi connectivity index (χ3n) is 3.28. The fourth-order valence-electron chi connectivity index (χ4n) is 2.05. The van der Waals surface area contributed by atoms with Gasteiger partial charge in [-0.05, 0) is 60.5 Å². The Balaban J connectivity index is 3.95. The van der Waals surface area contributed by atoms with E-state index >= 15 is 0 Å². The van der Waals surface area contributed by atoms with Gasteiger partial charge >= 0.3 is 0 Å². The minimum atomic E-state index is 0.573. The average molecular weight is 229 g/mol. The van der Waals surface area contributed by atoms with Crippen LogP contribution in [0.5, 0.6) is 0 Å². The van der Waals surface area contributed by atoms with Crippen molar-refractivity contribution in [2.75, 3.05) is 40.3 Å². The van der Waals surface area contributed by atoms with Crippen molar-refractivity contribution in [1.29, 1.82) is 0 Å². The molecule has 3 nitrogen and oxygen atoms in total. The summed E-state index contributed by atoms with van der Waals surface area (Å²) in [7, 11) is 4.28. The van der Waals surface area contributed by atoms with Crippen LogP contribution in [-0.4, -0.2) is 62.2 Å². The summed E-state index contributed by atoms with van der Waals surface area (Å²) in [6.45, 7) is 13.6. The van der Waals surface area contributed by atoms with Crippen LogP contribution in [0.4, 0.5) is 0 Å². The van der Waals surface area contributed by atoms with Crippen LogP contribution < -0.4 is 5.32 Å². The van der Waals surface area contributed by atoms with Crippen molar-refractivity contribution < 1.29 is 0 Å². The molecule has 0 saturated carbocycles. The first-order chi connectivity index (χ1) is 7.52. The van der Waals surface area contributed by atoms with Gasteiger partial charge in [0.2, 0.25) is 0 Å². The average Bonchev–Trinajstić information content (AvgIpc) is 2.23. The van der Waals surface area contributed by atoms with Crippen molar-refractivity contribution in [3.05, 3.63) is 0 Å². The molecule has 1 N–H and O–H groups in total. The van der Waals surface area contributed by atoms with E-state index in [1.54, 1.807) is 0 Å². The van der Waals surface area contributed by atoms with Crippen LogP contribution in [0.2, 0.25) is 0 Å². The smallest absolute Gasteiger partial charge is 0.0218 e. The second-order valence-corrected chi connectivity index (χ2v) is 4.87. The molecule has 16 heavy (non-hydrogen) atoms. The molecule has 0 rings (SSSR count). The van der Waals surface area contributed by atoms with Gasteiger partial charge in [0, 0.05) is 12.1 Å². The maximum atomic E-state index is 3.51. The Labute approximate surface area is 102 Å². The van der Waals surface area contributed by atoms with Gasteiger partial charge in [0.15, 0.2) is 0 Å². The lowest BCUT2D eigenvalue weighted by Crippen LogP contribution is -2.47. The molecule has 0 aromatic heterocycles. The number of nitrogens with zero attached hydrogens (tertiary/aromatic N) is 2. The van der Waals surface area contributed by atoms with Gasteiger partial charge in [0.1, 0.15) is 0 Å². The van der Waals surface area contributed by atoms with Crippen LogP contribution in [0.15, 0.2) is 0 Å². The van der Waals surface area contributed by atoms with E-state index in [4.69, 9.17) is 0 Å². The van der Waals surface area contributed by atoms with Crippen molar-refractivity contribution in [3.8, 4) is 0 Å². The SMILES string of the molecule is CCNC(C)C(C)N(CC)CCCN(C)C. The lowest BCUT2D eigenvalue weighted by Gasteiger charge is -2.33. The number of hydrogen-bond donors (Lipinski definition) is 1. The Kier molecular flexibility index (Phi) is 8.90. The Morgan fingerprint density at radius 1 is 1.06 bits per heavy atom. The fourth-order valence-corrected chi connectivity index (χ4v) is 2.05. The Morgan fingerprint density at radius 3 is 2.12 bits per heavy atom. The third-order valence-corrected chi connectivity index (χ3v) is 3.28. The molecule has 98 valence electrons. The van der Waals surface area contributed by atoms with Gasteiger partial charge in [-0.1, -0.05) is 13.8 Å². The minimum Gasteiger partial charge on any atom is -0.313 e. The van der Waals surface area contributed by atoms with Crippen LogP contribution in [-0.2, 0) is 0 Å². The quantitative estimate of drug-likeness (QED) is 0.648. The predicted molar refractivity (Wildman–Crippen MR) is 73.0 cm³/mol. The summed E-state index contributed by atoms with van der Waals surface area (Å²) in [6.07, 6.45) is 1.25. The first-order valence-electron chi connectivity index (χ1n) is 6.65. The molecule has 0 amide bonds. The highest BCUT2D eigenvalue weighted by atomic mass is 15.2. The van der Waals surface area contributed by atoms with E-state index in [0.29, 0.717) is 12.1 Å². The van der Waals surface area contributed by atoms with Crippen LogP contribution >= 0.6 is 0 Å². The summed E-state index contributed by atoms with van der Waals surface area (Å²) < 4.78 is 0. The molecule has 0 saturated heterocycles. The third kappa shape index (κ3) is 6.46. The largest absolute Gasteiger partial charge is 0.313 e. The monoisotopic (exact) mass is 229 g/mol. The summed E-state index contributed by atoms with van der Waals surface area (Å²) in [5.41, 5.74) is 0. The van der Waals surface area contributed by atoms with Crippen LogP contribution in [0, 0.1) is 0 Å². The van der Waals surface area contributed by atoms with Crippen LogP contribution in [0.1, 0.15) is 34.1 Å². The molecule has 2 atom stereocenters. The van der Waals surface area contributed by atoms with Crippen molar-refractivity contribution in [1.82, 2.24) is 15.1 Å². The molecule has 0 fully saturated rings. The molecular weight excluding hydrogens is 198 g/mol. The maximum Gasteiger partial charge on any atom is 0.0218 e. The van der Waals surface area contributed by atoms with Crippen molar-refractivity contribution in [3.63, 3.8) is 0 Å². The van der Waals surface area contributed by atoms with Gasteiger partial charge in [-0.3, -0.25) is 4.90 Å². The van der Waals surface area contributed by atoms with E-state index in [1.807, 2.05) is 0 Å². The number of hydrogen-bond acceptors (Lipinski definition) is 3. The summed E-state index contributed by atoms with van der Waals surface area (Å²) in [5.74, 6) is 0. The molecule has 0 aromatic carbocycles. The summed E-state index contributed by atoms with van der Waals surface area (Å²) in [4.78, 5) is 4.82. The molecule has 0 aromatic rings. The lowest BCUT2D eigenvalue weighted by atomic mass is 10.1. The zero-order valence-electron chi connectivity index (χ0n) is 12.1. The summed E-state index contributed by atoms with van der Waals surface area (Å²) in [6, 6.07) is 1.19. The molecule has 3 heteroatoms. The van der Waals surface area contributed by atoms with E-state index in [-0.39, 0.29) is 0 Å². The van der Waals surface area contributed by atoms with E-state index < -0.39 is 0 Å². The van der Waals surface area contributed by atoms with E-state index in [0.717, 1.165) is 13.1 Å². The van der Waals surface area contributed by atoms with Gasteiger partial charge in [-0.25, -0.2) is 0 Å². The van der Waals surface area contributed by atoms with Gasteiger partial charge < -0.3 is 10.2 Å². The summed E-state index contributed by atoms with van der Waals surface area (Å²) in [5, 5.41) is 3.51. The van der Waals surface area contributed by atoms with E-state index in [2.05, 4.69) is 56.9 Å². The molecule has 0 aliphatic rings. The fraction of sp³-hybridized carbons (Fsp3) is 1.00. The van der Waals surface area contributed by atoms with Crippen LogP contribution in [0.3, 0.4) is 0 Å². The minimum absolute atomic E-state index is 0.573. The lowest BCUT2D eigenvalue weighted by molar-refractivity contribution is 0.176. The second-order valence-electron chi connectivity index (χ2n) is 4.87. The summed E-state index contributed by atoms with van der Waals surface area (Å²) >= 11 is 0. The normalized spacial score (nSPS) is 15.8. The second kappa shape index (κ2) is 8.97. The van der Waals surface area contributed by atoms with Gasteiger partial charge in [-0.2, -0.15) is 0 Å². The molecule has 0 bridgehead atoms. The topological polar surface area (TPSA) is 18.5 Å². The van der Waals surface area contributed by atoms with Crippen molar-refractivity contribution in [2.45, 2.75) is 46.2 Å². The molecule has 0 radical (unpaired) electrons. The van der Waals surface area contributed by atoms with Crippen LogP contribution in [0.25, 0.3) is 0 Å². The Bertz CT molecular complexity index is 159. The van der Waals surface area contributed by atoms with Gasteiger partial charge in [-0.15, -0.1) is 0 Å². The zero-order valence-corrected chi connectivity index (χ0v) is 12.1. The van der Waals surface area contributed by atoms with Gasteiger partial charge in [0.05, 0.1) is 0 Å². The molecule has 0 aliphatic heterocycles. The maximum absolute atomic E-state index is 3.51. The molecule has 0 heterocycles. The van der Waals surface area contributed by atoms with E-state index in [9.17, 15) is 0 Å². The number of nitrogens with one attached hydrogen (secondary N) is 1. The predicted octanol–water partition coefficient (Wildman–Crippen LogP) is 1.65. The Hall–Kier alpha value is -0.120. The van der Waals surface area contributed by atoms with Gasteiger partial charge in [0.25, 0.3) is 0 Å². The standard InChI is InChI=1S/C13H31N3/c1-7-14-12(3)13(4)16(8-2)11-9-10-15(5)6/h12-14H,7-11H2,1-6H3. The highest BCUT2D eigenvalue weighted by Gasteiger charge is 2.17. The van der Waals surface area contributed by atoms with Crippen molar-refractivity contribution in [2.24, 2.45) is 0 Å². The highest BCUT2D eigenvalue weighted by Crippen LogP contribution is 2.05. The zero-order chi connectivity index (χ0) is 12.6.